The van der Waals surface area contributed by atoms with E-state index in [1.54, 1.807) is 6.26 Å². The van der Waals surface area contributed by atoms with Crippen LogP contribution in [0.2, 0.25) is 0 Å². The summed E-state index contributed by atoms with van der Waals surface area (Å²) in [6.07, 6.45) is 3.67. The minimum Gasteiger partial charge on any atom is -0.469 e. The zero-order valence-corrected chi connectivity index (χ0v) is 7.79. The molecule has 2 nitrogen and oxygen atoms in total. The first-order chi connectivity index (χ1) is 5.74. The van der Waals surface area contributed by atoms with Crippen LogP contribution in [0.5, 0.6) is 0 Å². The van der Waals surface area contributed by atoms with Gasteiger partial charge < -0.3 is 10.2 Å². The number of hydrogen-bond acceptors (Lipinski definition) is 2. The second kappa shape index (κ2) is 4.31. The van der Waals surface area contributed by atoms with E-state index in [1.807, 2.05) is 12.1 Å². The Kier molecular flexibility index (Phi) is 3.35. The molecular formula is C10H17NO. The fraction of sp³-hybridized carbons (Fsp3) is 0.600. The number of hydrogen-bond donors (Lipinski definition) is 1. The molecule has 2 unspecified atom stereocenters. The Morgan fingerprint density at radius 1 is 1.58 bits per heavy atom. The fourth-order valence-corrected chi connectivity index (χ4v) is 1.16. The molecule has 0 fully saturated rings. The Morgan fingerprint density at radius 3 is 2.83 bits per heavy atom. The molecule has 0 bridgehead atoms. The van der Waals surface area contributed by atoms with Gasteiger partial charge in [0, 0.05) is 12.5 Å². The molecule has 2 heteroatoms. The predicted molar refractivity (Wildman–Crippen MR) is 49.8 cm³/mol. The molecule has 68 valence electrons. The second-order valence-corrected chi connectivity index (χ2v) is 3.33. The van der Waals surface area contributed by atoms with Crippen molar-refractivity contribution in [2.24, 2.45) is 11.7 Å². The third kappa shape index (κ3) is 2.38. The molecule has 1 heterocycles. The molecule has 1 aromatic heterocycles. The summed E-state index contributed by atoms with van der Waals surface area (Å²) in [6, 6.07) is 4.10. The summed E-state index contributed by atoms with van der Waals surface area (Å²) >= 11 is 0. The Morgan fingerprint density at radius 2 is 2.33 bits per heavy atom. The van der Waals surface area contributed by atoms with Crippen molar-refractivity contribution >= 4 is 0 Å². The van der Waals surface area contributed by atoms with E-state index in [4.69, 9.17) is 10.2 Å². The van der Waals surface area contributed by atoms with Crippen molar-refractivity contribution in [2.75, 3.05) is 0 Å². The summed E-state index contributed by atoms with van der Waals surface area (Å²) < 4.78 is 5.22. The standard InChI is InChI=1S/C10H17NO/c1-3-8(2)10(11)7-9-5-4-6-12-9/h4-6,8,10H,3,7,11H2,1-2H3. The van der Waals surface area contributed by atoms with Crippen LogP contribution >= 0.6 is 0 Å². The molecule has 0 aliphatic carbocycles. The van der Waals surface area contributed by atoms with Crippen molar-refractivity contribution in [1.29, 1.82) is 0 Å². The van der Waals surface area contributed by atoms with E-state index in [0.717, 1.165) is 18.6 Å². The molecule has 1 rings (SSSR count). The molecule has 0 saturated heterocycles. The van der Waals surface area contributed by atoms with Crippen molar-refractivity contribution in [3.8, 4) is 0 Å². The molecule has 1 aromatic rings. The lowest BCUT2D eigenvalue weighted by atomic mass is 9.96. The summed E-state index contributed by atoms with van der Waals surface area (Å²) in [6.45, 7) is 4.33. The molecule has 0 amide bonds. The molecule has 0 saturated carbocycles. The lowest BCUT2D eigenvalue weighted by molar-refractivity contribution is 0.402. The molecule has 0 aromatic carbocycles. The number of rotatable bonds is 4. The highest BCUT2D eigenvalue weighted by Gasteiger charge is 2.12. The summed E-state index contributed by atoms with van der Waals surface area (Å²) in [5.74, 6) is 1.55. The van der Waals surface area contributed by atoms with E-state index < -0.39 is 0 Å². The minimum absolute atomic E-state index is 0.223. The van der Waals surface area contributed by atoms with E-state index in [-0.39, 0.29) is 6.04 Å². The topological polar surface area (TPSA) is 39.2 Å². The van der Waals surface area contributed by atoms with Crippen LogP contribution in [-0.4, -0.2) is 6.04 Å². The van der Waals surface area contributed by atoms with Gasteiger partial charge in [0.2, 0.25) is 0 Å². The van der Waals surface area contributed by atoms with Gasteiger partial charge in [0.15, 0.2) is 0 Å². The van der Waals surface area contributed by atoms with Crippen molar-refractivity contribution in [3.63, 3.8) is 0 Å². The molecule has 0 aliphatic heterocycles. The molecule has 2 atom stereocenters. The zero-order valence-electron chi connectivity index (χ0n) is 7.79. The summed E-state index contributed by atoms with van der Waals surface area (Å²) in [5.41, 5.74) is 5.96. The molecule has 2 N–H and O–H groups in total. The lowest BCUT2D eigenvalue weighted by Crippen LogP contribution is -2.29. The van der Waals surface area contributed by atoms with E-state index in [0.29, 0.717) is 5.92 Å². The first-order valence-electron chi connectivity index (χ1n) is 4.52. The van der Waals surface area contributed by atoms with E-state index in [9.17, 15) is 0 Å². The molecular weight excluding hydrogens is 150 g/mol. The quantitative estimate of drug-likeness (QED) is 0.746. The van der Waals surface area contributed by atoms with Gasteiger partial charge in [-0.25, -0.2) is 0 Å². The van der Waals surface area contributed by atoms with Crippen molar-refractivity contribution in [3.05, 3.63) is 24.2 Å². The van der Waals surface area contributed by atoms with E-state index in [1.165, 1.54) is 0 Å². The van der Waals surface area contributed by atoms with E-state index in [2.05, 4.69) is 13.8 Å². The molecule has 0 radical (unpaired) electrons. The lowest BCUT2D eigenvalue weighted by Gasteiger charge is -2.16. The monoisotopic (exact) mass is 167 g/mol. The van der Waals surface area contributed by atoms with E-state index >= 15 is 0 Å². The van der Waals surface area contributed by atoms with Crippen LogP contribution in [0.4, 0.5) is 0 Å². The first kappa shape index (κ1) is 9.33. The van der Waals surface area contributed by atoms with Gasteiger partial charge in [-0.2, -0.15) is 0 Å². The maximum absolute atomic E-state index is 5.96. The van der Waals surface area contributed by atoms with Crippen molar-refractivity contribution < 1.29 is 4.42 Å². The molecule has 0 spiro atoms. The average Bonchev–Trinajstić information content (AvgIpc) is 2.55. The highest BCUT2D eigenvalue weighted by molar-refractivity contribution is 5.00. The fourth-order valence-electron chi connectivity index (χ4n) is 1.16. The van der Waals surface area contributed by atoms with Gasteiger partial charge in [-0.15, -0.1) is 0 Å². The van der Waals surface area contributed by atoms with Crippen molar-refractivity contribution in [1.82, 2.24) is 0 Å². The van der Waals surface area contributed by atoms with Gasteiger partial charge in [-0.1, -0.05) is 20.3 Å². The van der Waals surface area contributed by atoms with Gasteiger partial charge >= 0.3 is 0 Å². The van der Waals surface area contributed by atoms with Crippen LogP contribution in [0.25, 0.3) is 0 Å². The first-order valence-corrected chi connectivity index (χ1v) is 4.52. The normalized spacial score (nSPS) is 15.9. The van der Waals surface area contributed by atoms with Crippen LogP contribution in [0.15, 0.2) is 22.8 Å². The smallest absolute Gasteiger partial charge is 0.105 e. The van der Waals surface area contributed by atoms with Gasteiger partial charge in [0.05, 0.1) is 6.26 Å². The minimum atomic E-state index is 0.223. The van der Waals surface area contributed by atoms with Gasteiger partial charge in [0.25, 0.3) is 0 Å². The van der Waals surface area contributed by atoms with Crippen LogP contribution in [0.3, 0.4) is 0 Å². The highest BCUT2D eigenvalue weighted by Crippen LogP contribution is 2.11. The van der Waals surface area contributed by atoms with Crippen LogP contribution in [0, 0.1) is 5.92 Å². The maximum atomic E-state index is 5.96. The van der Waals surface area contributed by atoms with Gasteiger partial charge in [-0.05, 0) is 18.1 Å². The Balaban J connectivity index is 2.41. The number of nitrogens with two attached hydrogens (primary N) is 1. The highest BCUT2D eigenvalue weighted by atomic mass is 16.3. The van der Waals surface area contributed by atoms with Crippen LogP contribution < -0.4 is 5.73 Å². The largest absolute Gasteiger partial charge is 0.469 e. The SMILES string of the molecule is CCC(C)C(N)Cc1ccco1. The third-order valence-corrected chi connectivity index (χ3v) is 2.39. The Labute approximate surface area is 73.8 Å². The molecule has 0 aliphatic rings. The molecule has 12 heavy (non-hydrogen) atoms. The number of furan rings is 1. The predicted octanol–water partition coefficient (Wildman–Crippen LogP) is 2.20. The average molecular weight is 167 g/mol. The summed E-state index contributed by atoms with van der Waals surface area (Å²) in [5, 5.41) is 0. The zero-order chi connectivity index (χ0) is 8.97. The third-order valence-electron chi connectivity index (χ3n) is 2.39. The Hall–Kier alpha value is -0.760. The maximum Gasteiger partial charge on any atom is 0.105 e. The second-order valence-electron chi connectivity index (χ2n) is 3.33. The summed E-state index contributed by atoms with van der Waals surface area (Å²) in [7, 11) is 0. The summed E-state index contributed by atoms with van der Waals surface area (Å²) in [4.78, 5) is 0. The Bertz CT molecular complexity index is 206. The van der Waals surface area contributed by atoms with Crippen LogP contribution in [-0.2, 0) is 6.42 Å². The van der Waals surface area contributed by atoms with Gasteiger partial charge in [-0.3, -0.25) is 0 Å². The van der Waals surface area contributed by atoms with Crippen LogP contribution in [0.1, 0.15) is 26.0 Å². The van der Waals surface area contributed by atoms with Crippen molar-refractivity contribution in [2.45, 2.75) is 32.7 Å². The van der Waals surface area contributed by atoms with Gasteiger partial charge in [0.1, 0.15) is 5.76 Å².